The number of aromatic nitrogens is 2. The Labute approximate surface area is 146 Å². The molecule has 3 rings (SSSR count). The fraction of sp³-hybridized carbons (Fsp3) is 0.176. The number of hydrogen-bond acceptors (Lipinski definition) is 6. The van der Waals surface area contributed by atoms with Gasteiger partial charge in [-0.15, -0.1) is 0 Å². The van der Waals surface area contributed by atoms with E-state index in [9.17, 15) is 19.7 Å². The summed E-state index contributed by atoms with van der Waals surface area (Å²) in [4.78, 5) is 34.8. The van der Waals surface area contributed by atoms with Crippen LogP contribution in [-0.2, 0) is 14.1 Å². The van der Waals surface area contributed by atoms with Crippen LogP contribution in [0.25, 0.3) is 11.0 Å². The highest BCUT2D eigenvalue weighted by molar-refractivity contribution is 5.81. The average Bonchev–Trinajstić information content (AvgIpc) is 2.64. The van der Waals surface area contributed by atoms with Gasteiger partial charge in [-0.05, 0) is 24.3 Å². The van der Waals surface area contributed by atoms with Gasteiger partial charge < -0.3 is 18.6 Å². The second-order valence-corrected chi connectivity index (χ2v) is 5.57. The van der Waals surface area contributed by atoms with Crippen LogP contribution in [0.15, 0.2) is 46.0 Å². The Kier molecular flexibility index (Phi) is 4.21. The van der Waals surface area contributed by atoms with Crippen LogP contribution in [0.1, 0.15) is 0 Å². The summed E-state index contributed by atoms with van der Waals surface area (Å²) in [7, 11) is 4.34. The number of nitrogens with zero attached hydrogens (tertiary/aromatic N) is 3. The van der Waals surface area contributed by atoms with E-state index in [2.05, 4.69) is 0 Å². The summed E-state index contributed by atoms with van der Waals surface area (Å²) in [5.41, 5.74) is -1.22. The quantitative estimate of drug-likeness (QED) is 0.401. The van der Waals surface area contributed by atoms with Crippen LogP contribution < -0.4 is 20.6 Å². The fourth-order valence-corrected chi connectivity index (χ4v) is 2.58. The summed E-state index contributed by atoms with van der Waals surface area (Å²) in [6, 6.07) is 9.11. The Hall–Kier alpha value is -3.62. The Bertz CT molecular complexity index is 1130. The molecular formula is C17H15N3O6. The van der Waals surface area contributed by atoms with Gasteiger partial charge in [0.25, 0.3) is 0 Å². The molecule has 0 saturated carbocycles. The van der Waals surface area contributed by atoms with Crippen molar-refractivity contribution in [3.05, 3.63) is 67.2 Å². The topological polar surface area (TPSA) is 106 Å². The van der Waals surface area contributed by atoms with E-state index in [0.29, 0.717) is 17.0 Å². The van der Waals surface area contributed by atoms with Crippen molar-refractivity contribution >= 4 is 16.7 Å². The zero-order valence-electron chi connectivity index (χ0n) is 14.3. The van der Waals surface area contributed by atoms with Gasteiger partial charge in [0.1, 0.15) is 11.5 Å². The van der Waals surface area contributed by atoms with E-state index in [-0.39, 0.29) is 17.0 Å². The number of hydrogen-bond donors (Lipinski definition) is 0. The molecule has 0 unspecified atom stereocenters. The molecule has 0 saturated heterocycles. The van der Waals surface area contributed by atoms with Gasteiger partial charge in [-0.2, -0.15) is 0 Å². The van der Waals surface area contributed by atoms with Crippen molar-refractivity contribution in [1.82, 2.24) is 9.13 Å². The maximum atomic E-state index is 12.0. The Balaban J connectivity index is 2.23. The van der Waals surface area contributed by atoms with Gasteiger partial charge in [0.05, 0.1) is 23.1 Å². The van der Waals surface area contributed by atoms with Crippen LogP contribution in [0, 0.1) is 10.1 Å². The standard InChI is InChI=1S/C17H15N3O6/c1-18-12-8-14(20(23)24)15(9-13(12)19(2)17(22)16(18)21)26-11-6-4-10(25-3)5-7-11/h4-9H,1-3H3. The molecule has 9 heteroatoms. The van der Waals surface area contributed by atoms with Crippen molar-refractivity contribution in [2.45, 2.75) is 0 Å². The summed E-state index contributed by atoms with van der Waals surface area (Å²) in [5, 5.41) is 11.5. The summed E-state index contributed by atoms with van der Waals surface area (Å²) in [6.45, 7) is 0. The SMILES string of the molecule is COc1ccc(Oc2cc3c(cc2[N+](=O)[O-])n(C)c(=O)c(=O)n3C)cc1. The Morgan fingerprint density at radius 1 is 0.923 bits per heavy atom. The first kappa shape index (κ1) is 17.2. The third kappa shape index (κ3) is 2.79. The number of rotatable bonds is 4. The van der Waals surface area contributed by atoms with E-state index in [1.165, 1.54) is 33.3 Å². The lowest BCUT2D eigenvalue weighted by Gasteiger charge is -2.12. The number of aryl methyl sites for hydroxylation is 2. The molecule has 0 aliphatic rings. The Morgan fingerprint density at radius 3 is 1.92 bits per heavy atom. The molecule has 0 bridgehead atoms. The molecule has 9 nitrogen and oxygen atoms in total. The minimum absolute atomic E-state index is 0.0404. The first-order valence-electron chi connectivity index (χ1n) is 7.53. The molecule has 0 radical (unpaired) electrons. The lowest BCUT2D eigenvalue weighted by molar-refractivity contribution is -0.385. The number of nitro benzene ring substituents is 1. The molecule has 2 aromatic carbocycles. The number of methoxy groups -OCH3 is 1. The van der Waals surface area contributed by atoms with Crippen LogP contribution in [0.3, 0.4) is 0 Å². The number of fused-ring (bicyclic) bond motifs is 1. The van der Waals surface area contributed by atoms with Gasteiger partial charge in [0.15, 0.2) is 0 Å². The van der Waals surface area contributed by atoms with Crippen molar-refractivity contribution in [2.24, 2.45) is 14.1 Å². The molecule has 26 heavy (non-hydrogen) atoms. The highest BCUT2D eigenvalue weighted by Crippen LogP contribution is 2.35. The predicted octanol–water partition coefficient (Wildman–Crippen LogP) is 1.95. The first-order chi connectivity index (χ1) is 12.3. The first-order valence-corrected chi connectivity index (χ1v) is 7.53. The molecule has 0 aliphatic heterocycles. The third-order valence-electron chi connectivity index (χ3n) is 4.06. The zero-order valence-corrected chi connectivity index (χ0v) is 14.3. The Morgan fingerprint density at radius 2 is 1.42 bits per heavy atom. The van der Waals surface area contributed by atoms with E-state index < -0.39 is 16.0 Å². The predicted molar refractivity (Wildman–Crippen MR) is 94.2 cm³/mol. The molecule has 0 amide bonds. The van der Waals surface area contributed by atoms with E-state index in [0.717, 1.165) is 9.13 Å². The smallest absolute Gasteiger partial charge is 0.316 e. The van der Waals surface area contributed by atoms with Gasteiger partial charge in [0.2, 0.25) is 5.75 Å². The summed E-state index contributed by atoms with van der Waals surface area (Å²) in [5.74, 6) is 0.937. The molecule has 0 spiro atoms. The summed E-state index contributed by atoms with van der Waals surface area (Å²) < 4.78 is 12.9. The normalized spacial score (nSPS) is 10.7. The second kappa shape index (κ2) is 6.36. The van der Waals surface area contributed by atoms with Crippen LogP contribution in [-0.4, -0.2) is 21.2 Å². The van der Waals surface area contributed by atoms with Gasteiger partial charge in [0, 0.05) is 26.2 Å². The number of nitro groups is 1. The minimum atomic E-state index is -0.766. The third-order valence-corrected chi connectivity index (χ3v) is 4.06. The highest BCUT2D eigenvalue weighted by Gasteiger charge is 2.21. The lowest BCUT2D eigenvalue weighted by Crippen LogP contribution is -2.39. The second-order valence-electron chi connectivity index (χ2n) is 5.57. The van der Waals surface area contributed by atoms with E-state index in [1.54, 1.807) is 24.3 Å². The van der Waals surface area contributed by atoms with Crippen LogP contribution in [0.4, 0.5) is 5.69 Å². The fourth-order valence-electron chi connectivity index (χ4n) is 2.58. The van der Waals surface area contributed by atoms with Gasteiger partial charge in [-0.25, -0.2) is 0 Å². The number of benzene rings is 2. The van der Waals surface area contributed by atoms with Crippen molar-refractivity contribution in [1.29, 1.82) is 0 Å². The highest BCUT2D eigenvalue weighted by atomic mass is 16.6. The monoisotopic (exact) mass is 357 g/mol. The van der Waals surface area contributed by atoms with Crippen molar-refractivity contribution in [3.63, 3.8) is 0 Å². The van der Waals surface area contributed by atoms with Gasteiger partial charge >= 0.3 is 16.8 Å². The van der Waals surface area contributed by atoms with E-state index >= 15 is 0 Å². The largest absolute Gasteiger partial charge is 0.497 e. The molecule has 0 fully saturated rings. The molecule has 1 heterocycles. The van der Waals surface area contributed by atoms with Crippen LogP contribution in [0.2, 0.25) is 0 Å². The number of ether oxygens (including phenoxy) is 2. The molecule has 134 valence electrons. The summed E-state index contributed by atoms with van der Waals surface area (Å²) in [6.07, 6.45) is 0. The zero-order chi connectivity index (χ0) is 19.0. The molecule has 1 aromatic heterocycles. The summed E-state index contributed by atoms with van der Waals surface area (Å²) >= 11 is 0. The van der Waals surface area contributed by atoms with Crippen molar-refractivity contribution < 1.29 is 14.4 Å². The average molecular weight is 357 g/mol. The molecule has 0 N–H and O–H groups in total. The van der Waals surface area contributed by atoms with Gasteiger partial charge in [-0.1, -0.05) is 0 Å². The van der Waals surface area contributed by atoms with Crippen LogP contribution >= 0.6 is 0 Å². The molecule has 0 aliphatic carbocycles. The minimum Gasteiger partial charge on any atom is -0.497 e. The van der Waals surface area contributed by atoms with Crippen molar-refractivity contribution in [3.8, 4) is 17.2 Å². The van der Waals surface area contributed by atoms with Crippen LogP contribution in [0.5, 0.6) is 17.2 Å². The van der Waals surface area contributed by atoms with Crippen molar-refractivity contribution in [2.75, 3.05) is 7.11 Å². The lowest BCUT2D eigenvalue weighted by atomic mass is 10.2. The molecule has 3 aromatic rings. The molecular weight excluding hydrogens is 342 g/mol. The maximum Gasteiger partial charge on any atom is 0.316 e. The van der Waals surface area contributed by atoms with E-state index in [1.807, 2.05) is 0 Å². The van der Waals surface area contributed by atoms with E-state index in [4.69, 9.17) is 9.47 Å². The van der Waals surface area contributed by atoms with Gasteiger partial charge in [-0.3, -0.25) is 19.7 Å². The maximum absolute atomic E-state index is 12.0. The molecule has 0 atom stereocenters.